The van der Waals surface area contributed by atoms with E-state index in [1.807, 2.05) is 6.92 Å². The van der Waals surface area contributed by atoms with Gasteiger partial charge in [-0.25, -0.2) is 0 Å². The Bertz CT molecular complexity index is 40.2. The van der Waals surface area contributed by atoms with Crippen molar-refractivity contribution in [3.63, 3.8) is 0 Å². The number of ether oxygens (including phenoxy) is 2. The Morgan fingerprint density at radius 2 is 2.22 bits per heavy atom. The van der Waals surface area contributed by atoms with E-state index in [-0.39, 0.29) is 0 Å². The van der Waals surface area contributed by atoms with Crippen molar-refractivity contribution >= 4 is 0 Å². The predicted octanol–water partition coefficient (Wildman–Crippen LogP) is 1.61. The van der Waals surface area contributed by atoms with Crippen molar-refractivity contribution in [2.75, 3.05) is 20.3 Å². The molecular formula is C7H15O2. The summed E-state index contributed by atoms with van der Waals surface area (Å²) < 4.78 is 9.85. The molecule has 0 aliphatic rings. The third-order valence-corrected chi connectivity index (χ3v) is 0.981. The number of hydrogen-bond acceptors (Lipinski definition) is 2. The van der Waals surface area contributed by atoms with Crippen LogP contribution in [0.4, 0.5) is 0 Å². The maximum atomic E-state index is 5.10. The number of hydrogen-bond donors (Lipinski definition) is 0. The normalized spacial score (nSPS) is 10.0. The average Bonchev–Trinajstić information content (AvgIpc) is 1.89. The fourth-order valence-corrected chi connectivity index (χ4v) is 0.531. The van der Waals surface area contributed by atoms with Crippen LogP contribution in [0.5, 0.6) is 0 Å². The lowest BCUT2D eigenvalue weighted by atomic mass is 10.3. The molecule has 0 aliphatic carbocycles. The van der Waals surface area contributed by atoms with Gasteiger partial charge in [-0.05, 0) is 19.8 Å². The van der Waals surface area contributed by atoms with E-state index in [0.29, 0.717) is 0 Å². The molecule has 0 rings (SSSR count). The molecule has 1 radical (unpaired) electrons. The van der Waals surface area contributed by atoms with Crippen molar-refractivity contribution in [2.24, 2.45) is 0 Å². The number of unbranched alkanes of at least 4 members (excludes halogenated alkanes) is 1. The van der Waals surface area contributed by atoms with Gasteiger partial charge < -0.3 is 9.47 Å². The average molecular weight is 131 g/mol. The van der Waals surface area contributed by atoms with Crippen molar-refractivity contribution in [2.45, 2.75) is 19.8 Å². The number of rotatable bonds is 6. The van der Waals surface area contributed by atoms with Gasteiger partial charge in [-0.1, -0.05) is 0 Å². The summed E-state index contributed by atoms with van der Waals surface area (Å²) in [5, 5.41) is 0. The highest BCUT2D eigenvalue weighted by Gasteiger charge is 1.86. The van der Waals surface area contributed by atoms with Crippen LogP contribution >= 0.6 is 0 Å². The first-order chi connectivity index (χ1) is 4.41. The van der Waals surface area contributed by atoms with Crippen LogP contribution in [0.2, 0.25) is 0 Å². The van der Waals surface area contributed by atoms with Crippen LogP contribution in [0.1, 0.15) is 19.8 Å². The first-order valence-corrected chi connectivity index (χ1v) is 3.34. The van der Waals surface area contributed by atoms with Gasteiger partial charge in [0, 0.05) is 20.3 Å². The quantitative estimate of drug-likeness (QED) is 0.510. The van der Waals surface area contributed by atoms with Crippen molar-refractivity contribution in [3.8, 4) is 0 Å². The van der Waals surface area contributed by atoms with Crippen molar-refractivity contribution < 1.29 is 9.47 Å². The second kappa shape index (κ2) is 7.92. The minimum absolute atomic E-state index is 0.812. The predicted molar refractivity (Wildman–Crippen MR) is 37.0 cm³/mol. The van der Waals surface area contributed by atoms with E-state index in [4.69, 9.17) is 9.47 Å². The Morgan fingerprint density at radius 3 is 2.78 bits per heavy atom. The maximum absolute atomic E-state index is 5.10. The van der Waals surface area contributed by atoms with Gasteiger partial charge in [0.25, 0.3) is 0 Å². The van der Waals surface area contributed by atoms with Crippen LogP contribution < -0.4 is 0 Å². The SMILES string of the molecule is CCOCCC[CH]OC. The lowest BCUT2D eigenvalue weighted by molar-refractivity contribution is 0.139. The third kappa shape index (κ3) is 7.92. The summed E-state index contributed by atoms with van der Waals surface area (Å²) in [5.41, 5.74) is 0. The van der Waals surface area contributed by atoms with Crippen LogP contribution in [-0.2, 0) is 9.47 Å². The van der Waals surface area contributed by atoms with Crippen molar-refractivity contribution in [1.82, 2.24) is 0 Å². The van der Waals surface area contributed by atoms with Crippen molar-refractivity contribution in [3.05, 3.63) is 6.61 Å². The van der Waals surface area contributed by atoms with Crippen LogP contribution in [0, 0.1) is 6.61 Å². The smallest absolute Gasteiger partial charge is 0.0833 e. The van der Waals surface area contributed by atoms with Gasteiger partial charge in [-0.2, -0.15) is 0 Å². The fraction of sp³-hybridized carbons (Fsp3) is 0.857. The molecule has 0 amide bonds. The molecule has 2 nitrogen and oxygen atoms in total. The summed E-state index contributed by atoms with van der Waals surface area (Å²) in [6.07, 6.45) is 2.04. The summed E-state index contributed by atoms with van der Waals surface area (Å²) in [6.45, 7) is 5.45. The topological polar surface area (TPSA) is 18.5 Å². The van der Waals surface area contributed by atoms with E-state index in [0.717, 1.165) is 26.1 Å². The first kappa shape index (κ1) is 8.92. The van der Waals surface area contributed by atoms with Gasteiger partial charge in [0.1, 0.15) is 0 Å². The Hall–Kier alpha value is -0.0800. The number of methoxy groups -OCH3 is 1. The summed E-state index contributed by atoms with van der Waals surface area (Å²) >= 11 is 0. The molecule has 0 spiro atoms. The van der Waals surface area contributed by atoms with Crippen LogP contribution in [-0.4, -0.2) is 20.3 Å². The van der Waals surface area contributed by atoms with Gasteiger partial charge in [0.05, 0.1) is 6.61 Å². The molecule has 0 aliphatic heterocycles. The fourth-order valence-electron chi connectivity index (χ4n) is 0.531. The molecule has 0 heterocycles. The molecular weight excluding hydrogens is 116 g/mol. The maximum Gasteiger partial charge on any atom is 0.0833 e. The van der Waals surface area contributed by atoms with Crippen molar-refractivity contribution in [1.29, 1.82) is 0 Å². The molecule has 0 aromatic rings. The van der Waals surface area contributed by atoms with Gasteiger partial charge in [0.2, 0.25) is 0 Å². The monoisotopic (exact) mass is 131 g/mol. The molecule has 0 aromatic carbocycles. The van der Waals surface area contributed by atoms with Crippen LogP contribution in [0.25, 0.3) is 0 Å². The van der Waals surface area contributed by atoms with Crippen LogP contribution in [0.3, 0.4) is 0 Å². The van der Waals surface area contributed by atoms with E-state index in [1.165, 1.54) is 0 Å². The van der Waals surface area contributed by atoms with E-state index in [9.17, 15) is 0 Å². The highest BCUT2D eigenvalue weighted by molar-refractivity contribution is 4.48. The second-order valence-electron chi connectivity index (χ2n) is 1.74. The zero-order valence-electron chi connectivity index (χ0n) is 6.22. The highest BCUT2D eigenvalue weighted by Crippen LogP contribution is 1.93. The van der Waals surface area contributed by atoms with Gasteiger partial charge in [0.15, 0.2) is 0 Å². The van der Waals surface area contributed by atoms with E-state index < -0.39 is 0 Å². The van der Waals surface area contributed by atoms with Gasteiger partial charge in [-0.15, -0.1) is 0 Å². The Kier molecular flexibility index (Phi) is 7.85. The standard InChI is InChI=1S/C7H15O2/c1-3-9-7-5-4-6-8-2/h6H,3-5,7H2,1-2H3. The molecule has 0 fully saturated rings. The van der Waals surface area contributed by atoms with E-state index in [1.54, 1.807) is 13.7 Å². The Morgan fingerprint density at radius 1 is 1.44 bits per heavy atom. The Labute approximate surface area is 57.2 Å². The molecule has 2 heteroatoms. The largest absolute Gasteiger partial charge is 0.382 e. The van der Waals surface area contributed by atoms with Gasteiger partial charge in [-0.3, -0.25) is 0 Å². The molecule has 0 aromatic heterocycles. The zero-order chi connectivity index (χ0) is 6.95. The van der Waals surface area contributed by atoms with E-state index >= 15 is 0 Å². The molecule has 0 saturated carbocycles. The van der Waals surface area contributed by atoms with Crippen LogP contribution in [0.15, 0.2) is 0 Å². The molecule has 0 N–H and O–H groups in total. The lowest BCUT2D eigenvalue weighted by Crippen LogP contribution is -1.93. The Balaban J connectivity index is 2.60. The minimum Gasteiger partial charge on any atom is -0.382 e. The second-order valence-corrected chi connectivity index (χ2v) is 1.74. The molecule has 0 saturated heterocycles. The first-order valence-electron chi connectivity index (χ1n) is 3.34. The summed E-state index contributed by atoms with van der Waals surface area (Å²) in [4.78, 5) is 0. The summed E-state index contributed by atoms with van der Waals surface area (Å²) in [7, 11) is 1.67. The molecule has 55 valence electrons. The highest BCUT2D eigenvalue weighted by atomic mass is 16.5. The minimum atomic E-state index is 0.812. The molecule has 9 heavy (non-hydrogen) atoms. The summed E-state index contributed by atoms with van der Waals surface area (Å²) in [5.74, 6) is 0. The molecule has 0 unspecified atom stereocenters. The lowest BCUT2D eigenvalue weighted by Gasteiger charge is -1.98. The van der Waals surface area contributed by atoms with E-state index in [2.05, 4.69) is 0 Å². The summed E-state index contributed by atoms with van der Waals surface area (Å²) in [6, 6.07) is 0. The zero-order valence-corrected chi connectivity index (χ0v) is 6.22. The molecule has 0 bridgehead atoms. The third-order valence-electron chi connectivity index (χ3n) is 0.981. The van der Waals surface area contributed by atoms with Gasteiger partial charge >= 0.3 is 0 Å². The molecule has 0 atom stereocenters.